The second kappa shape index (κ2) is 7.90. The minimum Gasteiger partial charge on any atom is -0.466 e. The Balaban J connectivity index is 1.86. The minimum absolute atomic E-state index is 0.0845. The number of hydrogen-bond acceptors (Lipinski definition) is 6. The molecule has 0 saturated heterocycles. The molecule has 31 heavy (non-hydrogen) atoms. The normalized spacial score (nSPS) is 11.1. The molecule has 0 atom stereocenters. The highest BCUT2D eigenvalue weighted by Gasteiger charge is 2.17. The summed E-state index contributed by atoms with van der Waals surface area (Å²) in [5, 5.41) is 12.2. The maximum absolute atomic E-state index is 12.0. The van der Waals surface area contributed by atoms with Crippen molar-refractivity contribution in [3.8, 4) is 0 Å². The number of carbonyl (C=O) groups excluding carboxylic acids is 1. The van der Waals surface area contributed by atoms with Crippen LogP contribution in [-0.4, -0.2) is 32.0 Å². The van der Waals surface area contributed by atoms with E-state index >= 15 is 0 Å². The minimum atomic E-state index is -0.887. The van der Waals surface area contributed by atoms with Crippen molar-refractivity contribution in [2.45, 2.75) is 19.9 Å². The quantitative estimate of drug-likeness (QED) is 0.211. The van der Waals surface area contributed by atoms with Crippen LogP contribution in [0, 0.1) is 10.1 Å². The fourth-order valence-electron chi connectivity index (χ4n) is 3.66. The molecule has 0 unspecified atom stereocenters. The summed E-state index contributed by atoms with van der Waals surface area (Å²) in [6.45, 7) is 2.19. The lowest BCUT2D eigenvalue weighted by molar-refractivity contribution is -0.384. The zero-order valence-electron chi connectivity index (χ0n) is 16.5. The Labute approximate surface area is 174 Å². The van der Waals surface area contributed by atoms with Gasteiger partial charge in [-0.25, -0.2) is 0 Å². The average Bonchev–Trinajstić information content (AvgIpc) is 3.06. The van der Waals surface area contributed by atoms with E-state index in [4.69, 9.17) is 4.74 Å². The van der Waals surface area contributed by atoms with Gasteiger partial charge in [0.1, 0.15) is 0 Å². The van der Waals surface area contributed by atoms with Gasteiger partial charge in [-0.05, 0) is 18.6 Å². The number of ether oxygens (including phenoxy) is 1. The molecule has 4 rings (SSSR count). The fraction of sp³-hybridized carbons (Fsp3) is 0.190. The van der Waals surface area contributed by atoms with Gasteiger partial charge in [0, 0.05) is 41.3 Å². The van der Waals surface area contributed by atoms with E-state index in [2.05, 4.69) is 9.97 Å². The molecule has 0 bridgehead atoms. The predicted octanol–water partition coefficient (Wildman–Crippen LogP) is 2.23. The Morgan fingerprint density at radius 3 is 2.61 bits per heavy atom. The van der Waals surface area contributed by atoms with Crippen LogP contribution in [0.1, 0.15) is 18.1 Å². The number of hydrogen-bond donors (Lipinski definition) is 2. The Hall–Kier alpha value is -4.21. The van der Waals surface area contributed by atoms with Gasteiger partial charge in [0.2, 0.25) is 0 Å². The number of benzene rings is 2. The number of nitrogens with one attached hydrogen (secondary N) is 2. The third-order valence-corrected chi connectivity index (χ3v) is 4.96. The number of aromatic amines is 2. The van der Waals surface area contributed by atoms with Crippen molar-refractivity contribution >= 4 is 33.6 Å². The molecule has 0 saturated carbocycles. The molecular formula is C21H18N4O6. The molecule has 0 spiro atoms. The number of non-ortho nitro benzene ring substituents is 1. The van der Waals surface area contributed by atoms with Crippen molar-refractivity contribution in [3.05, 3.63) is 84.5 Å². The van der Waals surface area contributed by atoms with E-state index in [0.717, 1.165) is 16.5 Å². The number of fused-ring (bicyclic) bond motifs is 2. The second-order valence-corrected chi connectivity index (χ2v) is 6.97. The molecule has 0 radical (unpaired) electrons. The number of aromatic nitrogens is 3. The van der Waals surface area contributed by atoms with Crippen molar-refractivity contribution < 1.29 is 14.5 Å². The first-order valence-corrected chi connectivity index (χ1v) is 9.53. The first-order chi connectivity index (χ1) is 14.9. The first kappa shape index (κ1) is 20.1. The molecule has 2 N–H and O–H groups in total. The number of nitro benzene ring substituents is 1. The van der Waals surface area contributed by atoms with E-state index < -0.39 is 16.0 Å². The van der Waals surface area contributed by atoms with Crippen molar-refractivity contribution in [3.63, 3.8) is 0 Å². The van der Waals surface area contributed by atoms with E-state index in [-0.39, 0.29) is 36.7 Å². The number of H-pyrrole nitrogens is 2. The molecular weight excluding hydrogens is 404 g/mol. The van der Waals surface area contributed by atoms with E-state index in [1.807, 2.05) is 28.8 Å². The number of nitro groups is 1. The molecule has 0 amide bonds. The Morgan fingerprint density at radius 2 is 1.87 bits per heavy atom. The molecule has 0 aliphatic carbocycles. The van der Waals surface area contributed by atoms with Crippen molar-refractivity contribution in [1.82, 2.24) is 14.5 Å². The molecule has 0 fully saturated rings. The molecule has 2 heterocycles. The molecule has 2 aromatic heterocycles. The van der Waals surface area contributed by atoms with Crippen LogP contribution in [0.4, 0.5) is 5.69 Å². The lowest BCUT2D eigenvalue weighted by Crippen LogP contribution is -2.29. The van der Waals surface area contributed by atoms with Gasteiger partial charge in [-0.1, -0.05) is 18.2 Å². The highest BCUT2D eigenvalue weighted by Crippen LogP contribution is 2.26. The number of carbonyl (C=O) groups is 1. The summed E-state index contributed by atoms with van der Waals surface area (Å²) in [4.78, 5) is 51.3. The van der Waals surface area contributed by atoms with Crippen LogP contribution >= 0.6 is 0 Å². The summed E-state index contributed by atoms with van der Waals surface area (Å²) in [7, 11) is 0. The maximum Gasteiger partial charge on any atom is 0.314 e. The third-order valence-electron chi connectivity index (χ3n) is 4.96. The van der Waals surface area contributed by atoms with Gasteiger partial charge in [-0.15, -0.1) is 0 Å². The number of para-hydroxylation sites is 1. The van der Waals surface area contributed by atoms with Crippen LogP contribution in [-0.2, 0) is 22.5 Å². The molecule has 10 heteroatoms. The summed E-state index contributed by atoms with van der Waals surface area (Å²) in [5.74, 6) is -0.354. The van der Waals surface area contributed by atoms with Gasteiger partial charge < -0.3 is 19.3 Å². The van der Waals surface area contributed by atoms with E-state index in [9.17, 15) is 24.5 Å². The molecule has 158 valence electrons. The van der Waals surface area contributed by atoms with Crippen LogP contribution in [0.15, 0.2) is 52.2 Å². The van der Waals surface area contributed by atoms with Gasteiger partial charge in [0.05, 0.1) is 29.0 Å². The zero-order chi connectivity index (χ0) is 22.1. The molecule has 2 aromatic carbocycles. The highest BCUT2D eigenvalue weighted by atomic mass is 16.6. The smallest absolute Gasteiger partial charge is 0.314 e. The lowest BCUT2D eigenvalue weighted by atomic mass is 10.1. The Kier molecular flexibility index (Phi) is 5.12. The molecule has 4 aromatic rings. The predicted molar refractivity (Wildman–Crippen MR) is 113 cm³/mol. The first-order valence-electron chi connectivity index (χ1n) is 9.53. The molecule has 0 aliphatic heterocycles. The number of rotatable bonds is 6. The van der Waals surface area contributed by atoms with Gasteiger partial charge in [0.15, 0.2) is 0 Å². The van der Waals surface area contributed by atoms with E-state index in [0.29, 0.717) is 11.1 Å². The largest absolute Gasteiger partial charge is 0.466 e. The van der Waals surface area contributed by atoms with Crippen LogP contribution in [0.2, 0.25) is 0 Å². The molecule has 0 aliphatic rings. The molecule has 10 nitrogen and oxygen atoms in total. The van der Waals surface area contributed by atoms with E-state index in [1.165, 1.54) is 12.1 Å². The fourth-order valence-corrected chi connectivity index (χ4v) is 3.66. The van der Waals surface area contributed by atoms with Gasteiger partial charge in [-0.3, -0.25) is 24.5 Å². The van der Waals surface area contributed by atoms with Crippen LogP contribution in [0.5, 0.6) is 0 Å². The van der Waals surface area contributed by atoms with Gasteiger partial charge in [-0.2, -0.15) is 0 Å². The summed E-state index contributed by atoms with van der Waals surface area (Å²) >= 11 is 0. The Morgan fingerprint density at radius 1 is 1.13 bits per heavy atom. The second-order valence-electron chi connectivity index (χ2n) is 6.97. The van der Waals surface area contributed by atoms with Crippen LogP contribution in [0.3, 0.4) is 0 Å². The van der Waals surface area contributed by atoms with Crippen LogP contribution < -0.4 is 11.1 Å². The monoisotopic (exact) mass is 422 g/mol. The van der Waals surface area contributed by atoms with E-state index in [1.54, 1.807) is 13.1 Å². The topological polar surface area (TPSA) is 140 Å². The summed E-state index contributed by atoms with van der Waals surface area (Å²) in [6, 6.07) is 10.0. The standard InChI is InChI=1S/C21H18N4O6/c1-2-31-18(26)8-12-10-24(17-6-4-3-5-15(12)17)11-13-7-14(25(29)30)9-16-19(13)23-21(28)20(27)22-16/h3-7,9-10H,2,8,11H2,1H3,(H,22,27)(H,23,28). The van der Waals surface area contributed by atoms with Crippen molar-refractivity contribution in [1.29, 1.82) is 0 Å². The maximum atomic E-state index is 12.0. The van der Waals surface area contributed by atoms with Crippen LogP contribution in [0.25, 0.3) is 21.9 Å². The van der Waals surface area contributed by atoms with Gasteiger partial charge >= 0.3 is 17.1 Å². The van der Waals surface area contributed by atoms with Gasteiger partial charge in [0.25, 0.3) is 5.69 Å². The summed E-state index contributed by atoms with van der Waals surface area (Å²) in [5.41, 5.74) is 0.537. The zero-order valence-corrected chi connectivity index (χ0v) is 16.5. The number of esters is 1. The summed E-state index contributed by atoms with van der Waals surface area (Å²) < 4.78 is 6.89. The SMILES string of the molecule is CCOC(=O)Cc1cn(Cc2cc([N+](=O)[O-])cc3[nH]c(=O)c(=O)[nH]c23)c2ccccc12. The highest BCUT2D eigenvalue weighted by molar-refractivity contribution is 5.88. The van der Waals surface area contributed by atoms with Crippen molar-refractivity contribution in [2.75, 3.05) is 6.61 Å². The summed E-state index contributed by atoms with van der Waals surface area (Å²) in [6.07, 6.45) is 1.87. The number of nitrogens with zero attached hydrogens (tertiary/aromatic N) is 2. The Bertz CT molecular complexity index is 1450. The van der Waals surface area contributed by atoms with Crippen molar-refractivity contribution in [2.24, 2.45) is 0 Å². The average molecular weight is 422 g/mol. The lowest BCUT2D eigenvalue weighted by Gasteiger charge is -2.09. The third kappa shape index (κ3) is 3.82.